The number of nitrogens with two attached hydrogens (primary N) is 1. The van der Waals surface area contributed by atoms with Gasteiger partial charge in [0.05, 0.1) is 0 Å². The largest absolute Gasteiger partial charge is 0.463 e. The van der Waals surface area contributed by atoms with Gasteiger partial charge >= 0.3 is 12.3 Å². The summed E-state index contributed by atoms with van der Waals surface area (Å²) in [5.41, 5.74) is 3.63. The Labute approximate surface area is 69.6 Å². The summed E-state index contributed by atoms with van der Waals surface area (Å²) < 4.78 is 35.8. The van der Waals surface area contributed by atoms with Crippen LogP contribution in [0.3, 0.4) is 0 Å². The van der Waals surface area contributed by atoms with E-state index in [2.05, 4.69) is 5.10 Å². The first-order chi connectivity index (χ1) is 5.82. The average molecular weight is 195 g/mol. The summed E-state index contributed by atoms with van der Waals surface area (Å²) >= 11 is 0. The van der Waals surface area contributed by atoms with Crippen molar-refractivity contribution in [1.29, 1.82) is 0 Å². The maximum absolute atomic E-state index is 11.9. The third-order valence-electron chi connectivity index (χ3n) is 1.21. The lowest BCUT2D eigenvalue weighted by molar-refractivity contribution is -0.141. The molecule has 0 radical (unpaired) electrons. The molecule has 0 fully saturated rings. The maximum atomic E-state index is 11.9. The molecule has 8 heteroatoms. The zero-order valence-electron chi connectivity index (χ0n) is 6.04. The third kappa shape index (κ3) is 1.71. The smallest absolute Gasteiger partial charge is 0.435 e. The zero-order valence-corrected chi connectivity index (χ0v) is 6.04. The number of rotatable bonds is 0. The van der Waals surface area contributed by atoms with Crippen molar-refractivity contribution < 1.29 is 23.1 Å². The lowest BCUT2D eigenvalue weighted by Gasteiger charge is -1.99. The van der Waals surface area contributed by atoms with Crippen molar-refractivity contribution in [2.75, 3.05) is 5.73 Å². The first-order valence-electron chi connectivity index (χ1n) is 2.98. The molecule has 5 nitrogen and oxygen atoms in total. The van der Waals surface area contributed by atoms with E-state index >= 15 is 0 Å². The van der Waals surface area contributed by atoms with Crippen molar-refractivity contribution in [2.45, 2.75) is 6.18 Å². The van der Waals surface area contributed by atoms with E-state index in [9.17, 15) is 18.0 Å². The lowest BCUT2D eigenvalue weighted by Crippen LogP contribution is -2.14. The predicted molar refractivity (Wildman–Crippen MR) is 35.1 cm³/mol. The van der Waals surface area contributed by atoms with Gasteiger partial charge in [-0.25, -0.2) is 4.79 Å². The minimum absolute atomic E-state index is 0.0584. The highest BCUT2D eigenvalue weighted by atomic mass is 19.4. The second kappa shape index (κ2) is 2.64. The highest BCUT2D eigenvalue weighted by Gasteiger charge is 2.35. The number of carbonyl (C=O) groups is 1. The predicted octanol–water partition coefficient (Wildman–Crippen LogP) is 1.01. The normalized spacial score (nSPS) is 11.6. The topological polar surface area (TPSA) is 81.1 Å². The molecule has 0 aromatic carbocycles. The van der Waals surface area contributed by atoms with Crippen LogP contribution in [0.5, 0.6) is 0 Å². The van der Waals surface area contributed by atoms with Gasteiger partial charge in [0, 0.05) is 6.07 Å². The number of alkyl halides is 3. The number of anilines is 1. The Morgan fingerprint density at radius 1 is 1.62 bits per heavy atom. The van der Waals surface area contributed by atoms with E-state index in [1.54, 1.807) is 0 Å². The van der Waals surface area contributed by atoms with Crippen molar-refractivity contribution in [1.82, 2.24) is 9.78 Å². The Hall–Kier alpha value is -1.73. The van der Waals surface area contributed by atoms with Gasteiger partial charge in [0.2, 0.25) is 0 Å². The number of carboxylic acid groups (broad SMARTS) is 1. The Bertz CT molecular complexity index is 343. The van der Waals surface area contributed by atoms with Gasteiger partial charge in [-0.15, -0.1) is 4.68 Å². The SMILES string of the molecule is Nc1cc(C(F)(F)F)nn1C(=O)O. The first kappa shape index (κ1) is 9.36. The fraction of sp³-hybridized carbons (Fsp3) is 0.200. The minimum Gasteiger partial charge on any atom is -0.463 e. The molecule has 0 saturated heterocycles. The molecule has 13 heavy (non-hydrogen) atoms. The summed E-state index contributed by atoms with van der Waals surface area (Å²) in [6, 6.07) is 0.452. The standard InChI is InChI=1S/C5H4F3N3O2/c6-5(7,8)2-1-3(9)11(10-2)4(12)13/h1H,9H2,(H,12,13). The molecule has 0 aliphatic rings. The van der Waals surface area contributed by atoms with Crippen LogP contribution in [0.15, 0.2) is 6.07 Å². The third-order valence-corrected chi connectivity index (χ3v) is 1.21. The van der Waals surface area contributed by atoms with Gasteiger partial charge in [0.15, 0.2) is 5.69 Å². The molecule has 0 atom stereocenters. The molecule has 1 aromatic heterocycles. The average Bonchev–Trinajstić information content (AvgIpc) is 2.29. The molecule has 1 heterocycles. The molecule has 0 aliphatic carbocycles. The van der Waals surface area contributed by atoms with Gasteiger partial charge in [0.25, 0.3) is 0 Å². The Morgan fingerprint density at radius 2 is 2.15 bits per heavy atom. The minimum atomic E-state index is -4.69. The second-order valence-corrected chi connectivity index (χ2v) is 2.15. The molecule has 3 N–H and O–H groups in total. The molecular weight excluding hydrogens is 191 g/mol. The van der Waals surface area contributed by atoms with E-state index < -0.39 is 23.8 Å². The van der Waals surface area contributed by atoms with Crippen LogP contribution in [0.1, 0.15) is 5.69 Å². The van der Waals surface area contributed by atoms with Crippen molar-refractivity contribution in [3.05, 3.63) is 11.8 Å². The molecular formula is C5H4F3N3O2. The number of halogens is 3. The van der Waals surface area contributed by atoms with Crippen LogP contribution in [-0.2, 0) is 6.18 Å². The molecule has 1 rings (SSSR count). The van der Waals surface area contributed by atoms with Crippen molar-refractivity contribution >= 4 is 11.9 Å². The molecule has 0 aliphatic heterocycles. The van der Waals surface area contributed by atoms with Crippen LogP contribution in [0, 0.1) is 0 Å². The van der Waals surface area contributed by atoms with Crippen LogP contribution < -0.4 is 5.73 Å². The number of nitrogens with zero attached hydrogens (tertiary/aromatic N) is 2. The van der Waals surface area contributed by atoms with Crippen molar-refractivity contribution in [3.8, 4) is 0 Å². The van der Waals surface area contributed by atoms with Gasteiger partial charge in [-0.2, -0.15) is 18.3 Å². The van der Waals surface area contributed by atoms with Crippen LogP contribution in [0.4, 0.5) is 23.8 Å². The summed E-state index contributed by atoms with van der Waals surface area (Å²) in [5.74, 6) is -0.570. The molecule has 0 spiro atoms. The Kier molecular flexibility index (Phi) is 1.90. The van der Waals surface area contributed by atoms with E-state index in [4.69, 9.17) is 10.8 Å². The lowest BCUT2D eigenvalue weighted by atomic mass is 10.4. The maximum Gasteiger partial charge on any atom is 0.435 e. The summed E-state index contributed by atoms with van der Waals surface area (Å²) in [5, 5.41) is 11.0. The van der Waals surface area contributed by atoms with Gasteiger partial charge in [0.1, 0.15) is 5.82 Å². The summed E-state index contributed by atoms with van der Waals surface area (Å²) in [6.07, 6.45) is -6.34. The second-order valence-electron chi connectivity index (χ2n) is 2.15. The fourth-order valence-corrected chi connectivity index (χ4v) is 0.687. The molecule has 0 saturated carbocycles. The Balaban J connectivity index is 3.17. The van der Waals surface area contributed by atoms with Crippen LogP contribution in [0.2, 0.25) is 0 Å². The summed E-state index contributed by atoms with van der Waals surface area (Å²) in [4.78, 5) is 10.2. The molecule has 0 bridgehead atoms. The highest BCUT2D eigenvalue weighted by Crippen LogP contribution is 2.28. The van der Waals surface area contributed by atoms with Crippen LogP contribution in [0.25, 0.3) is 0 Å². The summed E-state index contributed by atoms with van der Waals surface area (Å²) in [7, 11) is 0. The monoisotopic (exact) mass is 195 g/mol. The molecule has 1 aromatic rings. The van der Waals surface area contributed by atoms with Crippen molar-refractivity contribution in [2.24, 2.45) is 0 Å². The molecule has 0 unspecified atom stereocenters. The first-order valence-corrected chi connectivity index (χ1v) is 2.98. The van der Waals surface area contributed by atoms with Crippen LogP contribution in [-0.4, -0.2) is 21.0 Å². The molecule has 0 amide bonds. The number of hydrogen-bond acceptors (Lipinski definition) is 3. The quantitative estimate of drug-likeness (QED) is 0.647. The number of hydrogen-bond donors (Lipinski definition) is 2. The van der Waals surface area contributed by atoms with E-state index in [0.29, 0.717) is 6.07 Å². The van der Waals surface area contributed by atoms with Gasteiger partial charge in [-0.3, -0.25) is 0 Å². The Morgan fingerprint density at radius 3 is 2.38 bits per heavy atom. The number of aromatic nitrogens is 2. The van der Waals surface area contributed by atoms with E-state index in [-0.39, 0.29) is 4.68 Å². The van der Waals surface area contributed by atoms with Gasteiger partial charge in [-0.1, -0.05) is 0 Å². The van der Waals surface area contributed by atoms with E-state index in [1.165, 1.54) is 0 Å². The number of nitrogen functional groups attached to an aromatic ring is 1. The van der Waals surface area contributed by atoms with Crippen LogP contribution >= 0.6 is 0 Å². The summed E-state index contributed by atoms with van der Waals surface area (Å²) in [6.45, 7) is 0. The molecule has 72 valence electrons. The fourth-order valence-electron chi connectivity index (χ4n) is 0.687. The van der Waals surface area contributed by atoms with E-state index in [0.717, 1.165) is 0 Å². The highest BCUT2D eigenvalue weighted by molar-refractivity contribution is 5.71. The van der Waals surface area contributed by atoms with Crippen molar-refractivity contribution in [3.63, 3.8) is 0 Å². The van der Waals surface area contributed by atoms with E-state index in [1.807, 2.05) is 0 Å². The van der Waals surface area contributed by atoms with Gasteiger partial charge in [-0.05, 0) is 0 Å². The zero-order chi connectivity index (χ0) is 10.2. The van der Waals surface area contributed by atoms with Gasteiger partial charge < -0.3 is 10.8 Å².